The van der Waals surface area contributed by atoms with E-state index in [0.717, 1.165) is 5.69 Å². The van der Waals surface area contributed by atoms with Crippen LogP contribution >= 0.6 is 0 Å². The van der Waals surface area contributed by atoms with E-state index in [1.54, 1.807) is 0 Å². The van der Waals surface area contributed by atoms with Gasteiger partial charge >= 0.3 is 0 Å². The molecule has 298 valence electrons. The molecule has 0 saturated carbocycles. The first-order valence-electron chi connectivity index (χ1n) is 22.0. The quantitative estimate of drug-likeness (QED) is 0.172. The topological polar surface area (TPSA) is 3.24 Å². The van der Waals surface area contributed by atoms with Crippen molar-refractivity contribution < 1.29 is 0 Å². The Labute approximate surface area is 362 Å². The van der Waals surface area contributed by atoms with Crippen LogP contribution in [0.15, 0.2) is 176 Å². The van der Waals surface area contributed by atoms with Crippen molar-refractivity contribution >= 4 is 17.1 Å². The van der Waals surface area contributed by atoms with Crippen LogP contribution in [-0.4, -0.2) is 0 Å². The predicted molar refractivity (Wildman–Crippen MR) is 258 cm³/mol. The first kappa shape index (κ1) is 37.6. The van der Waals surface area contributed by atoms with Crippen LogP contribution in [0.5, 0.6) is 0 Å². The lowest BCUT2D eigenvalue weighted by molar-refractivity contribution is 0.586. The van der Waals surface area contributed by atoms with E-state index in [1.165, 1.54) is 100 Å². The molecule has 1 heteroatoms. The third kappa shape index (κ3) is 5.32. The molecule has 1 spiro atoms. The van der Waals surface area contributed by atoms with E-state index < -0.39 is 5.41 Å². The van der Waals surface area contributed by atoms with Gasteiger partial charge in [0.2, 0.25) is 0 Å². The van der Waals surface area contributed by atoms with Crippen molar-refractivity contribution in [3.8, 4) is 44.5 Å². The Morgan fingerprint density at radius 2 is 0.820 bits per heavy atom. The Balaban J connectivity index is 1.24. The molecule has 0 atom stereocenters. The van der Waals surface area contributed by atoms with Gasteiger partial charge in [0.1, 0.15) is 0 Å². The first-order valence-corrected chi connectivity index (χ1v) is 22.0. The van der Waals surface area contributed by atoms with Gasteiger partial charge in [-0.05, 0) is 113 Å². The minimum atomic E-state index is -0.495. The van der Waals surface area contributed by atoms with Gasteiger partial charge in [-0.1, -0.05) is 207 Å². The lowest BCUT2D eigenvalue weighted by Crippen LogP contribution is -2.27. The zero-order valence-corrected chi connectivity index (χ0v) is 36.7. The van der Waals surface area contributed by atoms with Crippen LogP contribution in [0.2, 0.25) is 0 Å². The van der Waals surface area contributed by atoms with Crippen molar-refractivity contribution in [1.29, 1.82) is 0 Å². The molecule has 0 radical (unpaired) electrons. The number of anilines is 3. The van der Waals surface area contributed by atoms with Crippen molar-refractivity contribution in [2.45, 2.75) is 77.0 Å². The molecule has 0 N–H and O–H groups in total. The van der Waals surface area contributed by atoms with Gasteiger partial charge in [0.15, 0.2) is 0 Å². The SMILES string of the molecule is CC(C)(C)c1ccc2c(c1)C1(c3cc(C(C)(C)C)ccc3-2)c2ccccc2-c2c(N(c3ccc(-c4ccccc4)cc3)c3cccc4c3-c3ccccc3C4(C)C)cccc21. The van der Waals surface area contributed by atoms with Crippen LogP contribution in [0.1, 0.15) is 99.9 Å². The molecule has 0 aliphatic heterocycles. The molecule has 0 fully saturated rings. The molecule has 8 aromatic carbocycles. The first-order chi connectivity index (χ1) is 29.3. The molecular formula is C60H53N. The maximum Gasteiger partial charge on any atom is 0.0726 e. The van der Waals surface area contributed by atoms with Crippen molar-refractivity contribution in [3.05, 3.63) is 220 Å². The summed E-state index contributed by atoms with van der Waals surface area (Å²) < 4.78 is 0. The summed E-state index contributed by atoms with van der Waals surface area (Å²) in [5.74, 6) is 0. The second kappa shape index (κ2) is 13.0. The monoisotopic (exact) mass is 787 g/mol. The summed E-state index contributed by atoms with van der Waals surface area (Å²) in [6, 6.07) is 67.1. The van der Waals surface area contributed by atoms with Gasteiger partial charge in [-0.15, -0.1) is 0 Å². The molecule has 11 rings (SSSR count). The molecule has 0 heterocycles. The van der Waals surface area contributed by atoms with Crippen molar-refractivity contribution in [2.75, 3.05) is 4.90 Å². The van der Waals surface area contributed by atoms with E-state index in [2.05, 4.69) is 236 Å². The standard InChI is InChI=1S/C60H53N/c1-57(2,3)40-30-34-43-44-35-31-41(58(4,5)6)37-52(44)60(51(43)36-40)48-23-15-13-21-46(48)56-50(60)25-17-27-54(56)61(42-32-28-39(29-33-42)38-18-10-9-11-19-38)53-26-16-24-49-55(53)45-20-12-14-22-47(45)59(49,7)8/h9-37H,1-8H3. The van der Waals surface area contributed by atoms with E-state index in [4.69, 9.17) is 0 Å². The number of nitrogens with zero attached hydrogens (tertiary/aromatic N) is 1. The third-order valence-electron chi connectivity index (χ3n) is 14.2. The van der Waals surface area contributed by atoms with Gasteiger partial charge in [-0.2, -0.15) is 0 Å². The number of hydrogen-bond acceptors (Lipinski definition) is 1. The second-order valence-corrected chi connectivity index (χ2v) is 20.1. The predicted octanol–water partition coefficient (Wildman–Crippen LogP) is 16.1. The summed E-state index contributed by atoms with van der Waals surface area (Å²) in [5.41, 5.74) is 24.2. The Bertz CT molecular complexity index is 2990. The van der Waals surface area contributed by atoms with Gasteiger partial charge in [-0.25, -0.2) is 0 Å². The van der Waals surface area contributed by atoms with Gasteiger partial charge in [0.05, 0.1) is 16.8 Å². The Kier molecular flexibility index (Phi) is 8.02. The smallest absolute Gasteiger partial charge is 0.0726 e. The summed E-state index contributed by atoms with van der Waals surface area (Å²) in [6.45, 7) is 18.8. The third-order valence-corrected chi connectivity index (χ3v) is 14.2. The molecule has 0 bridgehead atoms. The lowest BCUT2D eigenvalue weighted by Gasteiger charge is -2.34. The van der Waals surface area contributed by atoms with Crippen molar-refractivity contribution in [1.82, 2.24) is 0 Å². The van der Waals surface area contributed by atoms with Crippen LogP contribution in [0, 0.1) is 0 Å². The highest BCUT2D eigenvalue weighted by molar-refractivity contribution is 6.03. The molecule has 0 aromatic heterocycles. The van der Waals surface area contributed by atoms with Crippen LogP contribution < -0.4 is 4.90 Å². The van der Waals surface area contributed by atoms with Gasteiger partial charge in [0.25, 0.3) is 0 Å². The molecule has 0 unspecified atom stereocenters. The number of benzene rings is 8. The molecule has 61 heavy (non-hydrogen) atoms. The molecule has 0 saturated heterocycles. The Hall–Kier alpha value is -6.44. The van der Waals surface area contributed by atoms with Crippen molar-refractivity contribution in [2.24, 2.45) is 0 Å². The fourth-order valence-electron chi connectivity index (χ4n) is 11.1. The minimum absolute atomic E-state index is 0.00910. The van der Waals surface area contributed by atoms with Gasteiger partial charge in [-0.3, -0.25) is 0 Å². The number of hydrogen-bond donors (Lipinski definition) is 0. The van der Waals surface area contributed by atoms with E-state index in [0.29, 0.717) is 0 Å². The Morgan fingerprint density at radius 3 is 1.39 bits per heavy atom. The fourth-order valence-corrected chi connectivity index (χ4v) is 11.1. The van der Waals surface area contributed by atoms with Gasteiger partial charge in [0, 0.05) is 22.2 Å². The number of fused-ring (bicyclic) bond motifs is 13. The molecule has 3 aliphatic carbocycles. The molecule has 8 aromatic rings. The molecule has 3 aliphatic rings. The largest absolute Gasteiger partial charge is 0.309 e. The summed E-state index contributed by atoms with van der Waals surface area (Å²) in [7, 11) is 0. The van der Waals surface area contributed by atoms with Crippen LogP contribution in [0.3, 0.4) is 0 Å². The van der Waals surface area contributed by atoms with Crippen LogP contribution in [0.4, 0.5) is 17.1 Å². The summed E-state index contributed by atoms with van der Waals surface area (Å²) in [6.07, 6.45) is 0. The van der Waals surface area contributed by atoms with Crippen LogP contribution in [-0.2, 0) is 21.7 Å². The zero-order valence-electron chi connectivity index (χ0n) is 36.7. The maximum absolute atomic E-state index is 2.58. The Morgan fingerprint density at radius 1 is 0.361 bits per heavy atom. The second-order valence-electron chi connectivity index (χ2n) is 20.1. The zero-order chi connectivity index (χ0) is 42.1. The lowest BCUT2D eigenvalue weighted by atomic mass is 9.69. The minimum Gasteiger partial charge on any atom is -0.309 e. The molecule has 1 nitrogen and oxygen atoms in total. The summed E-state index contributed by atoms with van der Waals surface area (Å²) in [5, 5.41) is 0. The van der Waals surface area contributed by atoms with E-state index in [-0.39, 0.29) is 16.2 Å². The van der Waals surface area contributed by atoms with Crippen LogP contribution in [0.25, 0.3) is 44.5 Å². The molecular weight excluding hydrogens is 735 g/mol. The highest BCUT2D eigenvalue weighted by Gasteiger charge is 2.53. The van der Waals surface area contributed by atoms with E-state index in [9.17, 15) is 0 Å². The highest BCUT2D eigenvalue weighted by atomic mass is 15.1. The van der Waals surface area contributed by atoms with Crippen molar-refractivity contribution in [3.63, 3.8) is 0 Å². The average Bonchev–Trinajstić information content (AvgIpc) is 3.82. The normalized spacial score (nSPS) is 14.8. The summed E-state index contributed by atoms with van der Waals surface area (Å²) in [4.78, 5) is 2.58. The maximum atomic E-state index is 2.58. The fraction of sp³-hybridized carbons (Fsp3) is 0.200. The van der Waals surface area contributed by atoms with E-state index >= 15 is 0 Å². The summed E-state index contributed by atoms with van der Waals surface area (Å²) >= 11 is 0. The van der Waals surface area contributed by atoms with Gasteiger partial charge < -0.3 is 4.90 Å². The van der Waals surface area contributed by atoms with E-state index in [1.807, 2.05) is 0 Å². The molecule has 0 amide bonds. The average molecular weight is 788 g/mol. The number of rotatable bonds is 4. The highest BCUT2D eigenvalue weighted by Crippen LogP contribution is 2.66.